The largest absolute Gasteiger partial charge is 0.370 e. The number of halogens is 1. The molecule has 5 heteroatoms. The molecule has 1 amide bonds. The van der Waals surface area contributed by atoms with Gasteiger partial charge in [-0.3, -0.25) is 9.48 Å². The van der Waals surface area contributed by atoms with Crippen molar-refractivity contribution in [3.63, 3.8) is 0 Å². The van der Waals surface area contributed by atoms with Gasteiger partial charge >= 0.3 is 0 Å². The van der Waals surface area contributed by atoms with Crippen LogP contribution in [0.1, 0.15) is 38.5 Å². The van der Waals surface area contributed by atoms with Gasteiger partial charge in [0.1, 0.15) is 0 Å². The zero-order valence-electron chi connectivity index (χ0n) is 9.16. The van der Waals surface area contributed by atoms with Crippen molar-refractivity contribution in [1.29, 1.82) is 0 Å². The van der Waals surface area contributed by atoms with E-state index in [9.17, 15) is 4.79 Å². The van der Waals surface area contributed by atoms with Crippen LogP contribution >= 0.6 is 15.9 Å². The molecule has 1 aromatic heterocycles. The van der Waals surface area contributed by atoms with Gasteiger partial charge < -0.3 is 5.73 Å². The molecule has 1 aromatic rings. The molecular weight excluding hydrogens is 270 g/mol. The minimum atomic E-state index is -0.225. The average Bonchev–Trinajstić information content (AvgIpc) is 2.84. The molecule has 0 unspecified atom stereocenters. The van der Waals surface area contributed by atoms with Crippen LogP contribution in [0, 0.1) is 0 Å². The zero-order chi connectivity index (χ0) is 11.6. The highest BCUT2D eigenvalue weighted by atomic mass is 79.9. The molecule has 1 heterocycles. The summed E-state index contributed by atoms with van der Waals surface area (Å²) < 4.78 is 2.99. The summed E-state index contributed by atoms with van der Waals surface area (Å²) in [6.45, 7) is 0. The number of rotatable bonds is 4. The minimum Gasteiger partial charge on any atom is -0.370 e. The van der Waals surface area contributed by atoms with Crippen molar-refractivity contribution in [1.82, 2.24) is 9.78 Å². The van der Waals surface area contributed by atoms with Crippen LogP contribution in [0.15, 0.2) is 16.9 Å². The quantitative estimate of drug-likeness (QED) is 0.922. The summed E-state index contributed by atoms with van der Waals surface area (Å²) in [7, 11) is 0. The molecule has 1 aliphatic rings. The summed E-state index contributed by atoms with van der Waals surface area (Å²) in [5.41, 5.74) is 5.25. The lowest BCUT2D eigenvalue weighted by Gasteiger charge is -2.29. The number of carbonyl (C=O) groups is 1. The van der Waals surface area contributed by atoms with Gasteiger partial charge in [-0.05, 0) is 35.2 Å². The molecule has 4 nitrogen and oxygen atoms in total. The molecule has 2 N–H and O–H groups in total. The van der Waals surface area contributed by atoms with Crippen LogP contribution in [0.25, 0.3) is 0 Å². The standard InChI is InChI=1S/C11H16BrN3O/c12-9-7-14-15(8-9)11(4-1-2-5-11)6-3-10(13)16/h7-8H,1-6H2,(H2,13,16). The maximum absolute atomic E-state index is 10.9. The van der Waals surface area contributed by atoms with Gasteiger partial charge in [-0.15, -0.1) is 0 Å². The number of hydrogen-bond donors (Lipinski definition) is 1. The summed E-state index contributed by atoms with van der Waals surface area (Å²) >= 11 is 3.41. The number of carbonyl (C=O) groups excluding carboxylic acids is 1. The first-order valence-electron chi connectivity index (χ1n) is 5.61. The first-order chi connectivity index (χ1) is 7.62. The second-order valence-electron chi connectivity index (χ2n) is 4.50. The number of amides is 1. The Morgan fingerprint density at radius 1 is 1.56 bits per heavy atom. The first kappa shape index (κ1) is 11.6. The third-order valence-corrected chi connectivity index (χ3v) is 3.82. The molecule has 88 valence electrons. The molecule has 0 bridgehead atoms. The summed E-state index contributed by atoms with van der Waals surface area (Å²) in [4.78, 5) is 10.9. The number of primary amides is 1. The van der Waals surface area contributed by atoms with Gasteiger partial charge in [0.2, 0.25) is 5.91 Å². The van der Waals surface area contributed by atoms with Crippen LogP contribution in [0.3, 0.4) is 0 Å². The van der Waals surface area contributed by atoms with Gasteiger partial charge in [0.25, 0.3) is 0 Å². The van der Waals surface area contributed by atoms with Crippen molar-refractivity contribution < 1.29 is 4.79 Å². The van der Waals surface area contributed by atoms with E-state index in [1.165, 1.54) is 12.8 Å². The number of aromatic nitrogens is 2. The van der Waals surface area contributed by atoms with Gasteiger partial charge in [-0.2, -0.15) is 5.10 Å². The fourth-order valence-corrected chi connectivity index (χ4v) is 2.83. The molecule has 0 aromatic carbocycles. The van der Waals surface area contributed by atoms with Crippen LogP contribution in [0.5, 0.6) is 0 Å². The molecule has 16 heavy (non-hydrogen) atoms. The van der Waals surface area contributed by atoms with E-state index < -0.39 is 0 Å². The SMILES string of the molecule is NC(=O)CCC1(n2cc(Br)cn2)CCCC1. The van der Waals surface area contributed by atoms with E-state index in [0.717, 1.165) is 23.7 Å². The van der Waals surface area contributed by atoms with E-state index >= 15 is 0 Å². The van der Waals surface area contributed by atoms with Crippen molar-refractivity contribution in [3.05, 3.63) is 16.9 Å². The van der Waals surface area contributed by atoms with Gasteiger partial charge in [0.05, 0.1) is 16.2 Å². The second-order valence-corrected chi connectivity index (χ2v) is 5.42. The Morgan fingerprint density at radius 3 is 2.75 bits per heavy atom. The van der Waals surface area contributed by atoms with Crippen LogP contribution in [0.4, 0.5) is 0 Å². The summed E-state index contributed by atoms with van der Waals surface area (Å²) in [6, 6.07) is 0. The van der Waals surface area contributed by atoms with Crippen molar-refractivity contribution in [2.24, 2.45) is 5.73 Å². The van der Waals surface area contributed by atoms with Crippen LogP contribution in [-0.2, 0) is 10.3 Å². The van der Waals surface area contributed by atoms with E-state index in [2.05, 4.69) is 21.0 Å². The molecule has 0 atom stereocenters. The number of nitrogens with two attached hydrogens (primary N) is 1. The lowest BCUT2D eigenvalue weighted by atomic mass is 9.91. The van der Waals surface area contributed by atoms with Crippen molar-refractivity contribution in [2.45, 2.75) is 44.1 Å². The van der Waals surface area contributed by atoms with Gasteiger partial charge in [-0.1, -0.05) is 12.8 Å². The zero-order valence-corrected chi connectivity index (χ0v) is 10.7. The minimum absolute atomic E-state index is 0.0149. The molecule has 1 saturated carbocycles. The van der Waals surface area contributed by atoms with E-state index in [0.29, 0.717) is 6.42 Å². The van der Waals surface area contributed by atoms with E-state index in [1.54, 1.807) is 6.20 Å². The summed E-state index contributed by atoms with van der Waals surface area (Å²) in [6.07, 6.45) is 9.62. The molecule has 0 saturated heterocycles. The van der Waals surface area contributed by atoms with Crippen LogP contribution in [-0.4, -0.2) is 15.7 Å². The average molecular weight is 286 g/mol. The molecule has 0 spiro atoms. The van der Waals surface area contributed by atoms with Gasteiger partial charge in [0.15, 0.2) is 0 Å². The smallest absolute Gasteiger partial charge is 0.217 e. The lowest BCUT2D eigenvalue weighted by molar-refractivity contribution is -0.118. The predicted octanol–water partition coefficient (Wildman–Crippen LogP) is 2.18. The Balaban J connectivity index is 2.18. The van der Waals surface area contributed by atoms with E-state index in [4.69, 9.17) is 5.73 Å². The Morgan fingerprint density at radius 2 is 2.25 bits per heavy atom. The van der Waals surface area contributed by atoms with Crippen LogP contribution in [0.2, 0.25) is 0 Å². The van der Waals surface area contributed by atoms with Crippen molar-refractivity contribution >= 4 is 21.8 Å². The fraction of sp³-hybridized carbons (Fsp3) is 0.636. The molecule has 0 aliphatic heterocycles. The monoisotopic (exact) mass is 285 g/mol. The second kappa shape index (κ2) is 4.57. The highest BCUT2D eigenvalue weighted by Crippen LogP contribution is 2.40. The normalized spacial score (nSPS) is 18.8. The lowest BCUT2D eigenvalue weighted by Crippen LogP contribution is -2.32. The van der Waals surface area contributed by atoms with Crippen molar-refractivity contribution in [3.8, 4) is 0 Å². The summed E-state index contributed by atoms with van der Waals surface area (Å²) in [5, 5.41) is 4.37. The van der Waals surface area contributed by atoms with E-state index in [1.807, 2.05) is 10.9 Å². The maximum Gasteiger partial charge on any atom is 0.217 e. The Labute approximate surface area is 103 Å². The van der Waals surface area contributed by atoms with Gasteiger partial charge in [-0.25, -0.2) is 0 Å². The number of hydrogen-bond acceptors (Lipinski definition) is 2. The fourth-order valence-electron chi connectivity index (χ4n) is 2.54. The Hall–Kier alpha value is -0.840. The molecule has 1 fully saturated rings. The highest BCUT2D eigenvalue weighted by Gasteiger charge is 2.36. The highest BCUT2D eigenvalue weighted by molar-refractivity contribution is 9.10. The summed E-state index contributed by atoms with van der Waals surface area (Å²) in [5.74, 6) is -0.225. The predicted molar refractivity (Wildman–Crippen MR) is 64.8 cm³/mol. The van der Waals surface area contributed by atoms with Gasteiger partial charge in [0, 0.05) is 12.6 Å². The molecule has 2 rings (SSSR count). The topological polar surface area (TPSA) is 60.9 Å². The maximum atomic E-state index is 10.9. The number of nitrogens with zero attached hydrogens (tertiary/aromatic N) is 2. The first-order valence-corrected chi connectivity index (χ1v) is 6.41. The van der Waals surface area contributed by atoms with Crippen LogP contribution < -0.4 is 5.73 Å². The molecular formula is C11H16BrN3O. The van der Waals surface area contributed by atoms with Crippen molar-refractivity contribution in [2.75, 3.05) is 0 Å². The molecule has 1 aliphatic carbocycles. The third kappa shape index (κ3) is 2.29. The Kier molecular flexibility index (Phi) is 3.33. The molecule has 0 radical (unpaired) electrons. The third-order valence-electron chi connectivity index (χ3n) is 3.41. The van der Waals surface area contributed by atoms with E-state index in [-0.39, 0.29) is 11.4 Å². The Bertz CT molecular complexity index is 382.